The van der Waals surface area contributed by atoms with E-state index in [2.05, 4.69) is 9.38 Å². The summed E-state index contributed by atoms with van der Waals surface area (Å²) in [5, 5.41) is 0. The van der Waals surface area contributed by atoms with Gasteiger partial charge in [-0.25, -0.2) is 4.98 Å². The Morgan fingerprint density at radius 1 is 1.19 bits per heavy atom. The maximum atomic E-state index is 11.7. The van der Waals surface area contributed by atoms with Crippen LogP contribution in [0, 0.1) is 0 Å². The van der Waals surface area contributed by atoms with E-state index in [9.17, 15) is 8.42 Å². The molecule has 6 heteroatoms. The van der Waals surface area contributed by atoms with E-state index >= 15 is 0 Å². The molecule has 0 atom stereocenters. The number of fused-ring (bicyclic) bond motifs is 1. The highest BCUT2D eigenvalue weighted by Gasteiger charge is 2.28. The van der Waals surface area contributed by atoms with E-state index in [0.717, 1.165) is 0 Å². The lowest BCUT2D eigenvalue weighted by Gasteiger charge is -2.00. The molecular formula is C10H7N3O2S. The summed E-state index contributed by atoms with van der Waals surface area (Å²) in [6.07, 6.45) is 4.77. The summed E-state index contributed by atoms with van der Waals surface area (Å²) >= 11 is 0. The lowest BCUT2D eigenvalue weighted by molar-refractivity contribution is 0.599. The molecule has 0 N–H and O–H groups in total. The van der Waals surface area contributed by atoms with Crippen molar-refractivity contribution in [3.8, 4) is 0 Å². The number of hydrogen-bond donors (Lipinski definition) is 0. The zero-order valence-electron chi connectivity index (χ0n) is 8.11. The monoisotopic (exact) mass is 233 g/mol. The molecule has 1 aromatic heterocycles. The highest BCUT2D eigenvalue weighted by Crippen LogP contribution is 2.26. The van der Waals surface area contributed by atoms with Gasteiger partial charge < -0.3 is 0 Å². The first kappa shape index (κ1) is 9.29. The van der Waals surface area contributed by atoms with Crippen LogP contribution >= 0.6 is 0 Å². The Balaban J connectivity index is 2.31. The van der Waals surface area contributed by atoms with Crippen molar-refractivity contribution < 1.29 is 8.42 Å². The quantitative estimate of drug-likeness (QED) is 0.678. The molecule has 0 saturated heterocycles. The molecule has 0 bridgehead atoms. The summed E-state index contributed by atoms with van der Waals surface area (Å²) in [5.74, 6) is 0.396. The first-order valence-electron chi connectivity index (χ1n) is 4.61. The summed E-state index contributed by atoms with van der Waals surface area (Å²) < 4.78 is 28.8. The van der Waals surface area contributed by atoms with Gasteiger partial charge in [0.15, 0.2) is 5.84 Å². The van der Waals surface area contributed by atoms with Crippen LogP contribution in [-0.2, 0) is 10.0 Å². The van der Waals surface area contributed by atoms with Crippen molar-refractivity contribution in [2.75, 3.05) is 0 Å². The minimum atomic E-state index is -3.54. The number of rotatable bonds is 0. The summed E-state index contributed by atoms with van der Waals surface area (Å²) in [6.45, 7) is 0. The van der Waals surface area contributed by atoms with E-state index in [1.165, 1.54) is 6.33 Å². The highest BCUT2D eigenvalue weighted by atomic mass is 32.2. The van der Waals surface area contributed by atoms with Crippen molar-refractivity contribution in [1.29, 1.82) is 0 Å². The highest BCUT2D eigenvalue weighted by molar-refractivity contribution is 7.90. The summed E-state index contributed by atoms with van der Waals surface area (Å²) in [5.41, 5.74) is 0.612. The van der Waals surface area contributed by atoms with Crippen molar-refractivity contribution in [1.82, 2.24) is 9.55 Å². The fraction of sp³-hybridized carbons (Fsp3) is 0. The van der Waals surface area contributed by atoms with Crippen molar-refractivity contribution in [2.45, 2.75) is 4.90 Å². The predicted octanol–water partition coefficient (Wildman–Crippen LogP) is 0.880. The molecule has 5 nitrogen and oxygen atoms in total. The molecule has 0 amide bonds. The third kappa shape index (κ3) is 1.20. The second kappa shape index (κ2) is 3.02. The molecule has 80 valence electrons. The van der Waals surface area contributed by atoms with Crippen molar-refractivity contribution in [3.05, 3.63) is 48.5 Å². The maximum Gasteiger partial charge on any atom is 0.285 e. The molecular weight excluding hydrogens is 226 g/mol. The van der Waals surface area contributed by atoms with Crippen LogP contribution in [0.1, 0.15) is 5.56 Å². The van der Waals surface area contributed by atoms with Gasteiger partial charge in [-0.05, 0) is 12.1 Å². The normalized spacial score (nSPS) is 16.9. The molecule has 2 heterocycles. The molecule has 2 aromatic rings. The van der Waals surface area contributed by atoms with Gasteiger partial charge in [-0.3, -0.25) is 4.57 Å². The largest absolute Gasteiger partial charge is 0.289 e. The predicted molar refractivity (Wildman–Crippen MR) is 57.8 cm³/mol. The lowest BCUT2D eigenvalue weighted by atomic mass is 10.2. The van der Waals surface area contributed by atoms with Crippen molar-refractivity contribution in [3.63, 3.8) is 0 Å². The fourth-order valence-corrected chi connectivity index (χ4v) is 2.87. The van der Waals surface area contributed by atoms with Crippen LogP contribution in [0.15, 0.2) is 52.3 Å². The van der Waals surface area contributed by atoms with E-state index in [1.54, 1.807) is 41.2 Å². The summed E-state index contributed by atoms with van der Waals surface area (Å²) in [4.78, 5) is 4.12. The van der Waals surface area contributed by atoms with Crippen LogP contribution < -0.4 is 0 Å². The maximum absolute atomic E-state index is 11.7. The Bertz CT molecular complexity index is 672. The van der Waals surface area contributed by atoms with Gasteiger partial charge in [-0.15, -0.1) is 4.40 Å². The minimum Gasteiger partial charge on any atom is -0.289 e. The van der Waals surface area contributed by atoms with Crippen LogP contribution in [0.5, 0.6) is 0 Å². The van der Waals surface area contributed by atoms with Crippen molar-refractivity contribution >= 4 is 15.9 Å². The number of nitrogens with zero attached hydrogens (tertiary/aromatic N) is 3. The van der Waals surface area contributed by atoms with E-state index in [1.807, 2.05) is 0 Å². The van der Waals surface area contributed by atoms with Gasteiger partial charge in [-0.1, -0.05) is 12.1 Å². The van der Waals surface area contributed by atoms with Gasteiger partial charge in [0.05, 0.1) is 0 Å². The molecule has 0 spiro atoms. The third-order valence-corrected chi connectivity index (χ3v) is 3.69. The Labute approximate surface area is 92.1 Å². The number of hydrogen-bond acceptors (Lipinski definition) is 3. The molecule has 0 unspecified atom stereocenters. The topological polar surface area (TPSA) is 64.3 Å². The summed E-state index contributed by atoms with van der Waals surface area (Å²) in [7, 11) is -3.54. The van der Waals surface area contributed by atoms with Gasteiger partial charge in [0, 0.05) is 18.0 Å². The molecule has 0 fully saturated rings. The van der Waals surface area contributed by atoms with Gasteiger partial charge >= 0.3 is 0 Å². The molecule has 16 heavy (non-hydrogen) atoms. The summed E-state index contributed by atoms with van der Waals surface area (Å²) in [6, 6.07) is 6.76. The number of benzene rings is 1. The molecule has 1 aliphatic rings. The van der Waals surface area contributed by atoms with Crippen molar-refractivity contribution in [2.24, 2.45) is 4.40 Å². The first-order valence-corrected chi connectivity index (χ1v) is 6.05. The van der Waals surface area contributed by atoms with Crippen LogP contribution in [0.2, 0.25) is 0 Å². The molecule has 0 radical (unpaired) electrons. The number of sulfonamides is 1. The molecule has 3 rings (SSSR count). The minimum absolute atomic E-state index is 0.249. The Kier molecular flexibility index (Phi) is 1.75. The Morgan fingerprint density at radius 3 is 2.75 bits per heavy atom. The Morgan fingerprint density at radius 2 is 2.00 bits per heavy atom. The average Bonchev–Trinajstić information content (AvgIpc) is 2.86. The Hall–Kier alpha value is -1.95. The zero-order valence-corrected chi connectivity index (χ0v) is 8.92. The standard InChI is InChI=1S/C10H7N3O2S/c14-16(15)9-4-2-1-3-8(9)10(12-16)13-6-5-11-7-13/h1-7H. The van der Waals surface area contributed by atoms with Crippen LogP contribution in [0.3, 0.4) is 0 Å². The van der Waals surface area contributed by atoms with Gasteiger partial charge in [0.1, 0.15) is 11.2 Å². The average molecular weight is 233 g/mol. The van der Waals surface area contributed by atoms with Crippen LogP contribution in [0.4, 0.5) is 0 Å². The van der Waals surface area contributed by atoms with E-state index < -0.39 is 10.0 Å². The van der Waals surface area contributed by atoms with Gasteiger partial charge in [0.2, 0.25) is 0 Å². The van der Waals surface area contributed by atoms with Crippen LogP contribution in [-0.4, -0.2) is 23.8 Å². The number of aromatic nitrogens is 2. The second-order valence-corrected chi connectivity index (χ2v) is 4.93. The zero-order chi connectivity index (χ0) is 11.2. The first-order chi connectivity index (χ1) is 7.68. The lowest BCUT2D eigenvalue weighted by Crippen LogP contribution is -2.08. The molecule has 0 aliphatic carbocycles. The number of imidazole rings is 1. The van der Waals surface area contributed by atoms with E-state index in [-0.39, 0.29) is 4.90 Å². The van der Waals surface area contributed by atoms with Crippen LogP contribution in [0.25, 0.3) is 0 Å². The smallest absolute Gasteiger partial charge is 0.285 e. The molecule has 1 aromatic carbocycles. The third-order valence-electron chi connectivity index (χ3n) is 2.36. The molecule has 0 saturated carbocycles. The van der Waals surface area contributed by atoms with Gasteiger partial charge in [-0.2, -0.15) is 8.42 Å². The van der Waals surface area contributed by atoms with E-state index in [4.69, 9.17) is 0 Å². The van der Waals surface area contributed by atoms with E-state index in [0.29, 0.717) is 11.4 Å². The molecule has 1 aliphatic heterocycles. The SMILES string of the molecule is O=S1(=O)N=C(n2ccnc2)c2ccccc21. The second-order valence-electron chi connectivity index (χ2n) is 3.36. The van der Waals surface area contributed by atoms with Gasteiger partial charge in [0.25, 0.3) is 10.0 Å². The fourth-order valence-electron chi connectivity index (χ4n) is 1.66.